The van der Waals surface area contributed by atoms with Crippen LogP contribution >= 0.6 is 0 Å². The van der Waals surface area contributed by atoms with E-state index in [1.807, 2.05) is 18.2 Å². The number of aliphatic imine (C=N–C) groups is 1. The maximum absolute atomic E-state index is 12.0. The SMILES string of the molecule is CN=C(NCCCOCC(F)(F)F)NC1CCN(c2cc(OC)cc(OC)c2)C1. The summed E-state index contributed by atoms with van der Waals surface area (Å²) in [5.41, 5.74) is 1.02. The van der Waals surface area contributed by atoms with Crippen LogP contribution in [0.4, 0.5) is 18.9 Å². The van der Waals surface area contributed by atoms with Gasteiger partial charge in [-0.3, -0.25) is 4.99 Å². The van der Waals surface area contributed by atoms with Crippen LogP contribution in [0.25, 0.3) is 0 Å². The molecule has 0 amide bonds. The molecule has 29 heavy (non-hydrogen) atoms. The fourth-order valence-corrected chi connectivity index (χ4v) is 3.04. The standard InChI is InChI=1S/C19H29F3N4O3/c1-23-18(24-6-4-8-29-13-19(20,21)22)25-14-5-7-26(12-14)15-9-16(27-2)11-17(10-15)28-3/h9-11,14H,4-8,12-13H2,1-3H3,(H2,23,24,25). The van der Waals surface area contributed by atoms with Gasteiger partial charge in [-0.25, -0.2) is 0 Å². The van der Waals surface area contributed by atoms with E-state index in [2.05, 4.69) is 25.3 Å². The Morgan fingerprint density at radius 3 is 2.48 bits per heavy atom. The Balaban J connectivity index is 1.76. The second kappa shape index (κ2) is 11.0. The molecular formula is C19H29F3N4O3. The number of guanidine groups is 1. The molecule has 10 heteroatoms. The molecule has 0 bridgehead atoms. The van der Waals surface area contributed by atoms with Crippen LogP contribution in [0.15, 0.2) is 23.2 Å². The van der Waals surface area contributed by atoms with E-state index in [4.69, 9.17) is 9.47 Å². The van der Waals surface area contributed by atoms with E-state index in [1.54, 1.807) is 21.3 Å². The van der Waals surface area contributed by atoms with Crippen molar-refractivity contribution in [1.29, 1.82) is 0 Å². The quantitative estimate of drug-likeness (QED) is 0.365. The summed E-state index contributed by atoms with van der Waals surface area (Å²) in [7, 11) is 4.91. The minimum absolute atomic E-state index is 0.0401. The lowest BCUT2D eigenvalue weighted by atomic mass is 10.2. The van der Waals surface area contributed by atoms with Gasteiger partial charge in [0.2, 0.25) is 0 Å². The van der Waals surface area contributed by atoms with Gasteiger partial charge in [-0.15, -0.1) is 0 Å². The van der Waals surface area contributed by atoms with Crippen LogP contribution in [0.1, 0.15) is 12.8 Å². The average molecular weight is 418 g/mol. The monoisotopic (exact) mass is 418 g/mol. The smallest absolute Gasteiger partial charge is 0.411 e. The van der Waals surface area contributed by atoms with Crippen molar-refractivity contribution in [2.45, 2.75) is 25.1 Å². The Morgan fingerprint density at radius 2 is 1.90 bits per heavy atom. The van der Waals surface area contributed by atoms with E-state index in [-0.39, 0.29) is 12.6 Å². The fourth-order valence-electron chi connectivity index (χ4n) is 3.04. The zero-order valence-electron chi connectivity index (χ0n) is 17.0. The van der Waals surface area contributed by atoms with Crippen LogP contribution in [-0.4, -0.2) is 72.3 Å². The first-order valence-corrected chi connectivity index (χ1v) is 9.44. The number of anilines is 1. The van der Waals surface area contributed by atoms with Gasteiger partial charge < -0.3 is 29.7 Å². The Labute approximate surface area is 169 Å². The largest absolute Gasteiger partial charge is 0.497 e. The third-order valence-corrected chi connectivity index (χ3v) is 4.48. The summed E-state index contributed by atoms with van der Waals surface area (Å²) in [6.07, 6.45) is -2.90. The number of halogens is 3. The number of ether oxygens (including phenoxy) is 3. The predicted molar refractivity (Wildman–Crippen MR) is 106 cm³/mol. The van der Waals surface area contributed by atoms with Gasteiger partial charge in [0, 0.05) is 63.2 Å². The van der Waals surface area contributed by atoms with E-state index in [0.717, 1.165) is 36.7 Å². The number of benzene rings is 1. The van der Waals surface area contributed by atoms with Crippen LogP contribution in [0.5, 0.6) is 11.5 Å². The van der Waals surface area contributed by atoms with Crippen molar-refractivity contribution >= 4 is 11.6 Å². The summed E-state index contributed by atoms with van der Waals surface area (Å²) in [4.78, 5) is 6.41. The Morgan fingerprint density at radius 1 is 1.21 bits per heavy atom. The number of hydrogen-bond acceptors (Lipinski definition) is 5. The zero-order chi connectivity index (χ0) is 21.3. The first-order valence-electron chi connectivity index (χ1n) is 9.44. The minimum atomic E-state index is -4.29. The number of alkyl halides is 3. The lowest BCUT2D eigenvalue weighted by Gasteiger charge is -2.21. The van der Waals surface area contributed by atoms with Gasteiger partial charge in [0.05, 0.1) is 14.2 Å². The summed E-state index contributed by atoms with van der Waals surface area (Å²) in [6.45, 7) is 0.953. The van der Waals surface area contributed by atoms with Crippen LogP contribution in [-0.2, 0) is 4.74 Å². The van der Waals surface area contributed by atoms with Gasteiger partial charge >= 0.3 is 6.18 Å². The molecule has 2 N–H and O–H groups in total. The van der Waals surface area contributed by atoms with Crippen molar-refractivity contribution in [1.82, 2.24) is 10.6 Å². The van der Waals surface area contributed by atoms with Gasteiger partial charge in [0.1, 0.15) is 18.1 Å². The molecule has 0 saturated carbocycles. The number of methoxy groups -OCH3 is 2. The van der Waals surface area contributed by atoms with E-state index in [1.165, 1.54) is 0 Å². The molecule has 7 nitrogen and oxygen atoms in total. The maximum Gasteiger partial charge on any atom is 0.411 e. The van der Waals surface area contributed by atoms with Gasteiger partial charge in [-0.2, -0.15) is 13.2 Å². The molecule has 1 unspecified atom stereocenters. The maximum atomic E-state index is 12.0. The number of rotatable bonds is 9. The Hall–Kier alpha value is -2.36. The third-order valence-electron chi connectivity index (χ3n) is 4.48. The molecule has 1 heterocycles. The normalized spacial score (nSPS) is 17.4. The zero-order valence-corrected chi connectivity index (χ0v) is 17.0. The first-order chi connectivity index (χ1) is 13.8. The van der Waals surface area contributed by atoms with Gasteiger partial charge in [-0.05, 0) is 12.8 Å². The van der Waals surface area contributed by atoms with Crippen LogP contribution in [0.3, 0.4) is 0 Å². The first kappa shape index (κ1) is 22.9. The van der Waals surface area contributed by atoms with Crippen LogP contribution in [0, 0.1) is 0 Å². The van der Waals surface area contributed by atoms with Crippen molar-refractivity contribution in [3.05, 3.63) is 18.2 Å². The molecule has 1 aliphatic heterocycles. The highest BCUT2D eigenvalue weighted by Gasteiger charge is 2.27. The van der Waals surface area contributed by atoms with Gasteiger partial charge in [-0.1, -0.05) is 0 Å². The van der Waals surface area contributed by atoms with Crippen LogP contribution < -0.4 is 25.0 Å². The second-order valence-electron chi connectivity index (χ2n) is 6.67. The molecular weight excluding hydrogens is 389 g/mol. The van der Waals surface area contributed by atoms with E-state index < -0.39 is 12.8 Å². The van der Waals surface area contributed by atoms with Crippen molar-refractivity contribution < 1.29 is 27.4 Å². The summed E-state index contributed by atoms with van der Waals surface area (Å²) in [5, 5.41) is 6.46. The van der Waals surface area contributed by atoms with E-state index in [9.17, 15) is 13.2 Å². The van der Waals surface area contributed by atoms with Crippen LogP contribution in [0.2, 0.25) is 0 Å². The highest BCUT2D eigenvalue weighted by atomic mass is 19.4. The molecule has 1 aliphatic rings. The highest BCUT2D eigenvalue weighted by molar-refractivity contribution is 5.80. The molecule has 1 fully saturated rings. The van der Waals surface area contributed by atoms with Gasteiger partial charge in [0.25, 0.3) is 0 Å². The molecule has 1 aromatic rings. The summed E-state index contributed by atoms with van der Waals surface area (Å²) < 4.78 is 51.3. The molecule has 0 spiro atoms. The van der Waals surface area contributed by atoms with Crippen molar-refractivity contribution in [3.63, 3.8) is 0 Å². The molecule has 2 rings (SSSR count). The van der Waals surface area contributed by atoms with Crippen molar-refractivity contribution in [2.24, 2.45) is 4.99 Å². The molecule has 1 aromatic carbocycles. The summed E-state index contributed by atoms with van der Waals surface area (Å²) >= 11 is 0. The van der Waals surface area contributed by atoms with Crippen molar-refractivity contribution in [2.75, 3.05) is 59.0 Å². The van der Waals surface area contributed by atoms with E-state index in [0.29, 0.717) is 18.9 Å². The van der Waals surface area contributed by atoms with Crippen molar-refractivity contribution in [3.8, 4) is 11.5 Å². The minimum Gasteiger partial charge on any atom is -0.497 e. The molecule has 0 radical (unpaired) electrons. The number of nitrogens with zero attached hydrogens (tertiary/aromatic N) is 2. The summed E-state index contributed by atoms with van der Waals surface area (Å²) in [6, 6.07) is 5.97. The molecule has 164 valence electrons. The molecule has 1 atom stereocenters. The molecule has 1 saturated heterocycles. The predicted octanol–water partition coefficient (Wildman–Crippen LogP) is 2.42. The Kier molecular flexibility index (Phi) is 8.69. The third kappa shape index (κ3) is 7.88. The molecule has 0 aromatic heterocycles. The second-order valence-corrected chi connectivity index (χ2v) is 6.67. The number of hydrogen-bond donors (Lipinski definition) is 2. The van der Waals surface area contributed by atoms with E-state index >= 15 is 0 Å². The average Bonchev–Trinajstić information content (AvgIpc) is 3.16. The Bertz CT molecular complexity index is 648. The topological polar surface area (TPSA) is 67.4 Å². The number of nitrogens with one attached hydrogen (secondary N) is 2. The highest BCUT2D eigenvalue weighted by Crippen LogP contribution is 2.30. The fraction of sp³-hybridized carbons (Fsp3) is 0.632. The lowest BCUT2D eigenvalue weighted by molar-refractivity contribution is -0.173. The molecule has 0 aliphatic carbocycles. The van der Waals surface area contributed by atoms with Gasteiger partial charge in [0.15, 0.2) is 5.96 Å². The summed E-state index contributed by atoms with van der Waals surface area (Å²) in [5.74, 6) is 2.10. The lowest BCUT2D eigenvalue weighted by Crippen LogP contribution is -2.45.